The summed E-state index contributed by atoms with van der Waals surface area (Å²) in [6.07, 6.45) is 1.66. The number of amides is 1. The second kappa shape index (κ2) is 7.70. The van der Waals surface area contributed by atoms with Gasteiger partial charge in [-0.2, -0.15) is 0 Å². The van der Waals surface area contributed by atoms with Gasteiger partial charge in [-0.15, -0.1) is 0 Å². The molecule has 0 aliphatic rings. The van der Waals surface area contributed by atoms with Crippen molar-refractivity contribution in [2.75, 3.05) is 29.6 Å². The van der Waals surface area contributed by atoms with E-state index >= 15 is 0 Å². The van der Waals surface area contributed by atoms with Crippen molar-refractivity contribution in [3.05, 3.63) is 78.1 Å². The molecule has 0 unspecified atom stereocenters. The van der Waals surface area contributed by atoms with Crippen LogP contribution >= 0.6 is 0 Å². The molecule has 0 atom stereocenters. The number of aromatic nitrogens is 1. The largest absolute Gasteiger partial charge is 0.378 e. The maximum absolute atomic E-state index is 12.3. The second-order valence-corrected chi connectivity index (χ2v) is 6.32. The predicted octanol–water partition coefficient (Wildman–Crippen LogP) is 4.45. The fraction of sp³-hybridized carbons (Fsp3) is 0.143. The molecular weight excluding hydrogens is 324 g/mol. The number of nitrogens with one attached hydrogen (secondary N) is 2. The van der Waals surface area contributed by atoms with E-state index in [0.717, 1.165) is 22.7 Å². The number of benzene rings is 2. The molecule has 5 heteroatoms. The Balaban J connectivity index is 1.63. The van der Waals surface area contributed by atoms with E-state index in [4.69, 9.17) is 0 Å². The lowest BCUT2D eigenvalue weighted by molar-refractivity contribution is 0.102. The van der Waals surface area contributed by atoms with Gasteiger partial charge in [-0.25, -0.2) is 4.98 Å². The van der Waals surface area contributed by atoms with Gasteiger partial charge in [0.15, 0.2) is 0 Å². The van der Waals surface area contributed by atoms with E-state index in [-0.39, 0.29) is 5.91 Å². The van der Waals surface area contributed by atoms with E-state index < -0.39 is 0 Å². The summed E-state index contributed by atoms with van der Waals surface area (Å²) in [7, 11) is 3.95. The topological polar surface area (TPSA) is 57.3 Å². The lowest BCUT2D eigenvalue weighted by atomic mass is 10.2. The van der Waals surface area contributed by atoms with Gasteiger partial charge in [-0.3, -0.25) is 4.79 Å². The molecule has 2 N–H and O–H groups in total. The molecular formula is C21H22N4O. The van der Waals surface area contributed by atoms with Crippen molar-refractivity contribution in [1.29, 1.82) is 0 Å². The Kier molecular flexibility index (Phi) is 5.17. The zero-order valence-electron chi connectivity index (χ0n) is 15.2. The Morgan fingerprint density at radius 1 is 0.846 bits per heavy atom. The predicted molar refractivity (Wildman–Crippen MR) is 107 cm³/mol. The summed E-state index contributed by atoms with van der Waals surface area (Å²) in [5.74, 6) is -0.232. The lowest BCUT2D eigenvalue weighted by Gasteiger charge is -2.13. The molecule has 0 bridgehead atoms. The molecule has 0 spiro atoms. The van der Waals surface area contributed by atoms with Crippen molar-refractivity contribution in [2.45, 2.75) is 6.92 Å². The van der Waals surface area contributed by atoms with Gasteiger partial charge in [-0.1, -0.05) is 17.7 Å². The maximum Gasteiger partial charge on any atom is 0.274 e. The molecule has 0 saturated heterocycles. The third-order valence-electron chi connectivity index (χ3n) is 3.98. The van der Waals surface area contributed by atoms with Crippen LogP contribution in [0.3, 0.4) is 0 Å². The van der Waals surface area contributed by atoms with Gasteiger partial charge in [0.25, 0.3) is 5.91 Å². The molecule has 132 valence electrons. The average Bonchev–Trinajstić information content (AvgIpc) is 2.64. The van der Waals surface area contributed by atoms with Gasteiger partial charge in [0.2, 0.25) is 0 Å². The minimum atomic E-state index is -0.232. The van der Waals surface area contributed by atoms with Crippen LogP contribution in [0.2, 0.25) is 0 Å². The molecule has 1 amide bonds. The van der Waals surface area contributed by atoms with Crippen molar-refractivity contribution >= 4 is 28.7 Å². The van der Waals surface area contributed by atoms with Crippen molar-refractivity contribution in [1.82, 2.24) is 4.98 Å². The Labute approximate surface area is 153 Å². The van der Waals surface area contributed by atoms with E-state index in [1.807, 2.05) is 80.5 Å². The summed E-state index contributed by atoms with van der Waals surface area (Å²) in [5, 5.41) is 6.12. The number of aryl methyl sites for hydroxylation is 1. The highest BCUT2D eigenvalue weighted by Gasteiger charge is 2.08. The monoisotopic (exact) mass is 346 g/mol. The molecule has 3 aromatic rings. The van der Waals surface area contributed by atoms with Crippen LogP contribution in [0.4, 0.5) is 22.7 Å². The highest BCUT2D eigenvalue weighted by Crippen LogP contribution is 2.18. The lowest BCUT2D eigenvalue weighted by Crippen LogP contribution is -2.14. The molecule has 0 aliphatic carbocycles. The number of nitrogens with zero attached hydrogens (tertiary/aromatic N) is 2. The van der Waals surface area contributed by atoms with Crippen LogP contribution in [0.15, 0.2) is 66.9 Å². The Morgan fingerprint density at radius 2 is 1.46 bits per heavy atom. The molecule has 3 rings (SSSR count). The minimum absolute atomic E-state index is 0.232. The van der Waals surface area contributed by atoms with E-state index in [1.54, 1.807) is 12.3 Å². The third kappa shape index (κ3) is 4.39. The van der Waals surface area contributed by atoms with E-state index in [1.165, 1.54) is 5.56 Å². The van der Waals surface area contributed by atoms with Crippen LogP contribution < -0.4 is 15.5 Å². The smallest absolute Gasteiger partial charge is 0.274 e. The van der Waals surface area contributed by atoms with Gasteiger partial charge in [0.1, 0.15) is 5.69 Å². The molecule has 1 aromatic heterocycles. The summed E-state index contributed by atoms with van der Waals surface area (Å²) in [5.41, 5.74) is 5.21. The van der Waals surface area contributed by atoms with Gasteiger partial charge >= 0.3 is 0 Å². The Hall–Kier alpha value is -3.34. The summed E-state index contributed by atoms with van der Waals surface area (Å²) in [4.78, 5) is 18.6. The molecule has 0 radical (unpaired) electrons. The fourth-order valence-electron chi connectivity index (χ4n) is 2.44. The number of rotatable bonds is 5. The molecule has 26 heavy (non-hydrogen) atoms. The van der Waals surface area contributed by atoms with E-state index in [2.05, 4.69) is 15.6 Å². The molecule has 2 aromatic carbocycles. The number of carbonyl (C=O) groups is 1. The van der Waals surface area contributed by atoms with Crippen molar-refractivity contribution in [3.63, 3.8) is 0 Å². The molecule has 0 aliphatic heterocycles. The summed E-state index contributed by atoms with van der Waals surface area (Å²) in [6, 6.07) is 19.3. The van der Waals surface area contributed by atoms with Crippen LogP contribution in [0.5, 0.6) is 0 Å². The van der Waals surface area contributed by atoms with Crippen molar-refractivity contribution < 1.29 is 4.79 Å². The van der Waals surface area contributed by atoms with Gasteiger partial charge in [-0.05, 0) is 55.5 Å². The van der Waals surface area contributed by atoms with Gasteiger partial charge in [0, 0.05) is 31.2 Å². The molecule has 5 nitrogen and oxygen atoms in total. The highest BCUT2D eigenvalue weighted by atomic mass is 16.1. The molecule has 1 heterocycles. The van der Waals surface area contributed by atoms with E-state index in [9.17, 15) is 4.79 Å². The van der Waals surface area contributed by atoms with Crippen molar-refractivity contribution in [2.24, 2.45) is 0 Å². The van der Waals surface area contributed by atoms with Crippen LogP contribution in [-0.4, -0.2) is 25.0 Å². The first-order valence-electron chi connectivity index (χ1n) is 8.40. The number of hydrogen-bond donors (Lipinski definition) is 2. The van der Waals surface area contributed by atoms with Crippen LogP contribution in [0.25, 0.3) is 0 Å². The maximum atomic E-state index is 12.3. The first-order chi connectivity index (χ1) is 12.5. The standard InChI is InChI=1S/C21H22N4O/c1-15-4-6-16(7-5-15)23-18-10-13-20(22-14-18)21(26)24-17-8-11-19(12-9-17)25(2)3/h4-14,23H,1-3H3,(H,24,26). The highest BCUT2D eigenvalue weighted by molar-refractivity contribution is 6.03. The quantitative estimate of drug-likeness (QED) is 0.716. The first kappa shape index (κ1) is 17.5. The second-order valence-electron chi connectivity index (χ2n) is 6.32. The van der Waals surface area contributed by atoms with E-state index in [0.29, 0.717) is 5.69 Å². The fourth-order valence-corrected chi connectivity index (χ4v) is 2.44. The number of anilines is 4. The normalized spacial score (nSPS) is 10.3. The first-order valence-corrected chi connectivity index (χ1v) is 8.40. The minimum Gasteiger partial charge on any atom is -0.378 e. The zero-order valence-corrected chi connectivity index (χ0v) is 15.2. The molecule has 0 fully saturated rings. The molecule has 0 saturated carbocycles. The average molecular weight is 346 g/mol. The van der Waals surface area contributed by atoms with Gasteiger partial charge in [0.05, 0.1) is 11.9 Å². The van der Waals surface area contributed by atoms with Crippen LogP contribution in [0.1, 0.15) is 16.1 Å². The van der Waals surface area contributed by atoms with Crippen LogP contribution in [0, 0.1) is 6.92 Å². The Bertz CT molecular complexity index is 869. The summed E-state index contributed by atoms with van der Waals surface area (Å²) >= 11 is 0. The zero-order chi connectivity index (χ0) is 18.5. The van der Waals surface area contributed by atoms with Crippen molar-refractivity contribution in [3.8, 4) is 0 Å². The summed E-state index contributed by atoms with van der Waals surface area (Å²) in [6.45, 7) is 2.05. The van der Waals surface area contributed by atoms with Crippen LogP contribution in [-0.2, 0) is 0 Å². The van der Waals surface area contributed by atoms with Gasteiger partial charge < -0.3 is 15.5 Å². The SMILES string of the molecule is Cc1ccc(Nc2ccc(C(=O)Nc3ccc(N(C)C)cc3)nc2)cc1. The Morgan fingerprint density at radius 3 is 2.04 bits per heavy atom. The summed E-state index contributed by atoms with van der Waals surface area (Å²) < 4.78 is 0. The third-order valence-corrected chi connectivity index (χ3v) is 3.98. The number of hydrogen-bond acceptors (Lipinski definition) is 4. The number of pyridine rings is 1. The number of carbonyl (C=O) groups excluding carboxylic acids is 1.